The Morgan fingerprint density at radius 1 is 1.03 bits per heavy atom. The molecule has 36 heavy (non-hydrogen) atoms. The molecule has 3 aromatic rings. The van der Waals surface area contributed by atoms with Crippen LogP contribution in [0.4, 0.5) is 14.5 Å². The standard InChI is InChI=1S/C27H26F2N6O/c28-21-6-7-23(22(29)16-21)35-10-8-34(9-11-35)17-18-3-1-4-19(13-18)20-14-25(30)32-26(15-20)33-27(31)24-5-2-12-36-24/h1-7,12-16H,8-11,17H2,(H4,30,31,32,33)/p+1. The molecule has 9 heteroatoms. The van der Waals surface area contributed by atoms with Crippen LogP contribution in [-0.4, -0.2) is 42.8 Å². The first-order valence-corrected chi connectivity index (χ1v) is 11.7. The number of furan rings is 1. The molecule has 2 aliphatic heterocycles. The van der Waals surface area contributed by atoms with E-state index in [9.17, 15) is 8.78 Å². The summed E-state index contributed by atoms with van der Waals surface area (Å²) in [4.78, 5) is 8.70. The topological polar surface area (TPSA) is 98.5 Å². The van der Waals surface area contributed by atoms with Gasteiger partial charge in [-0.05, 0) is 47.0 Å². The van der Waals surface area contributed by atoms with Crippen LogP contribution in [0, 0.1) is 17.0 Å². The molecule has 2 aliphatic rings. The Hall–Kier alpha value is -4.08. The predicted molar refractivity (Wildman–Crippen MR) is 135 cm³/mol. The molecule has 1 aromatic heterocycles. The Kier molecular flexibility index (Phi) is 6.75. The number of amidine groups is 2. The summed E-state index contributed by atoms with van der Waals surface area (Å²) >= 11 is 0. The van der Waals surface area contributed by atoms with Gasteiger partial charge in [-0.1, -0.05) is 18.2 Å². The summed E-state index contributed by atoms with van der Waals surface area (Å²) in [6, 6.07) is 15.4. The summed E-state index contributed by atoms with van der Waals surface area (Å²) in [5.41, 5.74) is 9.50. The van der Waals surface area contributed by atoms with Gasteiger partial charge in [0.25, 0.3) is 0 Å². The molecule has 3 heterocycles. The average molecular weight is 490 g/mol. The zero-order valence-electron chi connectivity index (χ0n) is 19.6. The number of quaternary nitrogens is 1. The number of nitrogens with one attached hydrogen (secondary N) is 1. The van der Waals surface area contributed by atoms with Crippen molar-refractivity contribution in [2.45, 2.75) is 6.54 Å². The number of anilines is 1. The van der Waals surface area contributed by atoms with Gasteiger partial charge in [0.1, 0.15) is 11.6 Å². The lowest BCUT2D eigenvalue weighted by Gasteiger charge is -2.36. The van der Waals surface area contributed by atoms with Crippen molar-refractivity contribution in [3.05, 3.63) is 107 Å². The van der Waals surface area contributed by atoms with Crippen molar-refractivity contribution >= 4 is 22.9 Å². The molecule has 0 unspecified atom stereocenters. The molecule has 0 spiro atoms. The van der Waals surface area contributed by atoms with E-state index in [-0.39, 0.29) is 5.84 Å². The molecule has 2 aromatic carbocycles. The van der Waals surface area contributed by atoms with Crippen LogP contribution in [0.2, 0.25) is 0 Å². The molecule has 0 bridgehead atoms. The highest BCUT2D eigenvalue weighted by atomic mass is 19.1. The number of allylic oxidation sites excluding steroid dienone is 2. The van der Waals surface area contributed by atoms with Gasteiger partial charge >= 0.3 is 0 Å². The van der Waals surface area contributed by atoms with E-state index in [1.165, 1.54) is 18.4 Å². The van der Waals surface area contributed by atoms with Crippen LogP contribution in [0.5, 0.6) is 0 Å². The summed E-state index contributed by atoms with van der Waals surface area (Å²) < 4.78 is 32.7. The third-order valence-corrected chi connectivity index (χ3v) is 6.23. The fraction of sp³-hybridized carbons (Fsp3) is 0.185. The maximum absolute atomic E-state index is 14.2. The fourth-order valence-corrected chi connectivity index (χ4v) is 4.45. The van der Waals surface area contributed by atoms with Gasteiger partial charge in [-0.15, -0.1) is 0 Å². The molecular formula is C27H27F2N6O+. The van der Waals surface area contributed by atoms with Crippen molar-refractivity contribution in [3.8, 4) is 0 Å². The second-order valence-corrected chi connectivity index (χ2v) is 8.80. The zero-order chi connectivity index (χ0) is 25.1. The molecule has 7 nitrogen and oxygen atoms in total. The van der Waals surface area contributed by atoms with Crippen molar-refractivity contribution < 1.29 is 18.5 Å². The Morgan fingerprint density at radius 3 is 2.61 bits per heavy atom. The number of halogens is 2. The number of hydrogen-bond acceptors (Lipinski definition) is 5. The van der Waals surface area contributed by atoms with Gasteiger partial charge in [-0.3, -0.25) is 10.3 Å². The molecule has 0 radical (unpaired) electrons. The SMILES string of the molecule is N=C1C=C(c2cccc(CN3CCN(c4ccc(F)cc4F)CC3)c2)C=C(/N=C(\N)c2ccco2)[NH2+]1. The normalized spacial score (nSPS) is 17.2. The van der Waals surface area contributed by atoms with Crippen LogP contribution in [0.3, 0.4) is 0 Å². The zero-order valence-corrected chi connectivity index (χ0v) is 19.6. The Balaban J connectivity index is 1.26. The third kappa shape index (κ3) is 5.42. The lowest BCUT2D eigenvalue weighted by Crippen LogP contribution is -2.85. The highest BCUT2D eigenvalue weighted by molar-refractivity contribution is 5.98. The number of hydrogen-bond donors (Lipinski definition) is 3. The molecule has 0 amide bonds. The van der Waals surface area contributed by atoms with E-state index < -0.39 is 11.6 Å². The molecule has 184 valence electrons. The van der Waals surface area contributed by atoms with Gasteiger partial charge in [-0.25, -0.2) is 14.1 Å². The van der Waals surface area contributed by atoms with E-state index in [2.05, 4.69) is 22.0 Å². The fourth-order valence-electron chi connectivity index (χ4n) is 4.45. The molecule has 5 N–H and O–H groups in total. The van der Waals surface area contributed by atoms with Crippen LogP contribution in [-0.2, 0) is 6.54 Å². The van der Waals surface area contributed by atoms with Crippen LogP contribution in [0.25, 0.3) is 5.57 Å². The third-order valence-electron chi connectivity index (χ3n) is 6.23. The minimum Gasteiger partial charge on any atom is -0.461 e. The summed E-state index contributed by atoms with van der Waals surface area (Å²) in [6.45, 7) is 3.64. The van der Waals surface area contributed by atoms with Gasteiger partial charge in [0.15, 0.2) is 11.6 Å². The quantitative estimate of drug-likeness (QED) is 0.366. The summed E-state index contributed by atoms with van der Waals surface area (Å²) in [6.07, 6.45) is 5.25. The summed E-state index contributed by atoms with van der Waals surface area (Å²) in [5.74, 6) is 0.572. The van der Waals surface area contributed by atoms with Crippen LogP contribution in [0.1, 0.15) is 16.9 Å². The van der Waals surface area contributed by atoms with Gasteiger partial charge in [-0.2, -0.15) is 4.99 Å². The van der Waals surface area contributed by atoms with E-state index >= 15 is 0 Å². The minimum absolute atomic E-state index is 0.255. The Morgan fingerprint density at radius 2 is 1.86 bits per heavy atom. The monoisotopic (exact) mass is 489 g/mol. The summed E-state index contributed by atoms with van der Waals surface area (Å²) in [5, 5.41) is 9.89. The molecule has 0 saturated carbocycles. The van der Waals surface area contributed by atoms with Gasteiger partial charge in [0, 0.05) is 50.9 Å². The first-order valence-electron chi connectivity index (χ1n) is 11.7. The Bertz CT molecular complexity index is 1350. The lowest BCUT2D eigenvalue weighted by molar-refractivity contribution is -0.485. The first-order chi connectivity index (χ1) is 17.4. The van der Waals surface area contributed by atoms with Crippen molar-refractivity contribution in [1.29, 1.82) is 5.41 Å². The van der Waals surface area contributed by atoms with Crippen LogP contribution < -0.4 is 16.0 Å². The van der Waals surface area contributed by atoms with E-state index in [1.54, 1.807) is 23.5 Å². The van der Waals surface area contributed by atoms with E-state index in [0.29, 0.717) is 36.2 Å². The number of nitrogens with two attached hydrogens (primary N) is 2. The Labute approximate surface area is 207 Å². The number of piperazine rings is 1. The van der Waals surface area contributed by atoms with Gasteiger partial charge < -0.3 is 15.1 Å². The highest BCUT2D eigenvalue weighted by Gasteiger charge is 2.21. The minimum atomic E-state index is -0.564. The van der Waals surface area contributed by atoms with E-state index in [1.807, 2.05) is 23.1 Å². The second kappa shape index (κ2) is 10.3. The molecule has 5 rings (SSSR count). The molecule has 1 saturated heterocycles. The number of rotatable bonds is 6. The molecule has 0 atom stereocenters. The molecule has 0 aliphatic carbocycles. The van der Waals surface area contributed by atoms with Crippen LogP contribution >= 0.6 is 0 Å². The molecule has 1 fully saturated rings. The summed E-state index contributed by atoms with van der Waals surface area (Å²) in [7, 11) is 0. The highest BCUT2D eigenvalue weighted by Crippen LogP contribution is 2.24. The average Bonchev–Trinajstić information content (AvgIpc) is 3.40. The van der Waals surface area contributed by atoms with Crippen molar-refractivity contribution in [2.75, 3.05) is 31.1 Å². The number of nitrogens with zero attached hydrogens (tertiary/aromatic N) is 3. The largest absolute Gasteiger partial charge is 0.461 e. The number of benzene rings is 2. The van der Waals surface area contributed by atoms with Gasteiger partial charge in [0.2, 0.25) is 11.7 Å². The van der Waals surface area contributed by atoms with E-state index in [0.717, 1.165) is 42.4 Å². The van der Waals surface area contributed by atoms with E-state index in [4.69, 9.17) is 15.6 Å². The second-order valence-electron chi connectivity index (χ2n) is 8.80. The van der Waals surface area contributed by atoms with Crippen molar-refractivity contribution in [1.82, 2.24) is 4.90 Å². The lowest BCUT2D eigenvalue weighted by atomic mass is 10.0. The van der Waals surface area contributed by atoms with Crippen molar-refractivity contribution in [3.63, 3.8) is 0 Å². The maximum atomic E-state index is 14.2. The van der Waals surface area contributed by atoms with Crippen molar-refractivity contribution in [2.24, 2.45) is 10.7 Å². The molecular weight excluding hydrogens is 462 g/mol. The first kappa shape index (κ1) is 23.7. The maximum Gasteiger partial charge on any atom is 0.233 e. The predicted octanol–water partition coefficient (Wildman–Crippen LogP) is 3.06. The smallest absolute Gasteiger partial charge is 0.233 e. The van der Waals surface area contributed by atoms with Gasteiger partial charge in [0.05, 0.1) is 12.0 Å². The van der Waals surface area contributed by atoms with Crippen LogP contribution in [0.15, 0.2) is 88.2 Å². The number of aliphatic imine (C=N–C) groups is 1.